The van der Waals surface area contributed by atoms with Gasteiger partial charge in [0.05, 0.1) is 5.69 Å². The molecule has 2 aromatic rings. The Morgan fingerprint density at radius 1 is 1.24 bits per heavy atom. The lowest BCUT2D eigenvalue weighted by Gasteiger charge is -2.13. The van der Waals surface area contributed by atoms with Gasteiger partial charge in [-0.2, -0.15) is 0 Å². The predicted octanol–water partition coefficient (Wildman–Crippen LogP) is 2.18. The molecule has 1 aromatic carbocycles. The Balaban J connectivity index is 2.82. The highest BCUT2D eigenvalue weighted by atomic mass is 19.1. The molecule has 0 aliphatic rings. The average Bonchev–Trinajstić information content (AvgIpc) is 2.29. The number of pyridine rings is 1. The number of aryl methyl sites for hydroxylation is 2. The number of benzene rings is 1. The zero-order valence-corrected chi connectivity index (χ0v) is 9.70. The highest BCUT2D eigenvalue weighted by molar-refractivity contribution is 5.48. The minimum atomic E-state index is -0.444. The summed E-state index contributed by atoms with van der Waals surface area (Å²) in [5.41, 5.74) is 7.04. The Bertz CT molecular complexity index is 632. The van der Waals surface area contributed by atoms with E-state index in [0.29, 0.717) is 11.3 Å². The average molecular weight is 232 g/mol. The third kappa shape index (κ3) is 1.82. The second-order valence-corrected chi connectivity index (χ2v) is 3.97. The maximum atomic E-state index is 13.7. The summed E-state index contributed by atoms with van der Waals surface area (Å²) in [4.78, 5) is 12.0. The molecule has 4 heteroatoms. The molecule has 0 saturated heterocycles. The Hall–Kier alpha value is -2.10. The van der Waals surface area contributed by atoms with Crippen LogP contribution in [0.2, 0.25) is 0 Å². The van der Waals surface area contributed by atoms with Crippen molar-refractivity contribution in [2.45, 2.75) is 13.8 Å². The van der Waals surface area contributed by atoms with Gasteiger partial charge in [0, 0.05) is 5.69 Å². The molecule has 0 aliphatic heterocycles. The number of rotatable bonds is 1. The maximum Gasteiger partial charge on any atom is 0.278 e. The first kappa shape index (κ1) is 11.4. The first-order chi connectivity index (χ1) is 8.02. The molecule has 1 aromatic heterocycles. The summed E-state index contributed by atoms with van der Waals surface area (Å²) in [5, 5.41) is 0. The van der Waals surface area contributed by atoms with Crippen molar-refractivity contribution in [2.24, 2.45) is 0 Å². The Morgan fingerprint density at radius 3 is 2.53 bits per heavy atom. The zero-order valence-electron chi connectivity index (χ0n) is 9.70. The lowest BCUT2D eigenvalue weighted by molar-refractivity contribution is 0.614. The topological polar surface area (TPSA) is 48.0 Å². The summed E-state index contributed by atoms with van der Waals surface area (Å²) >= 11 is 0. The summed E-state index contributed by atoms with van der Waals surface area (Å²) in [5.74, 6) is -0.444. The van der Waals surface area contributed by atoms with Crippen LogP contribution in [0.5, 0.6) is 0 Å². The molecule has 0 bridgehead atoms. The van der Waals surface area contributed by atoms with Crippen LogP contribution in [0.15, 0.2) is 35.1 Å². The number of halogens is 1. The van der Waals surface area contributed by atoms with Crippen LogP contribution in [-0.2, 0) is 0 Å². The van der Waals surface area contributed by atoms with E-state index in [9.17, 15) is 9.18 Å². The van der Waals surface area contributed by atoms with Gasteiger partial charge in [0.1, 0.15) is 11.5 Å². The van der Waals surface area contributed by atoms with Gasteiger partial charge in [0.15, 0.2) is 0 Å². The van der Waals surface area contributed by atoms with Crippen LogP contribution >= 0.6 is 0 Å². The molecule has 0 radical (unpaired) electrons. The highest BCUT2D eigenvalue weighted by Gasteiger charge is 2.11. The van der Waals surface area contributed by atoms with Crippen molar-refractivity contribution in [3.8, 4) is 5.69 Å². The van der Waals surface area contributed by atoms with Crippen LogP contribution in [-0.4, -0.2) is 4.57 Å². The summed E-state index contributed by atoms with van der Waals surface area (Å²) in [7, 11) is 0. The largest absolute Gasteiger partial charge is 0.394 e. The van der Waals surface area contributed by atoms with E-state index in [-0.39, 0.29) is 16.9 Å². The predicted molar refractivity (Wildman–Crippen MR) is 65.9 cm³/mol. The van der Waals surface area contributed by atoms with Gasteiger partial charge in [-0.05, 0) is 37.6 Å². The molecule has 0 atom stereocenters. The SMILES string of the molecule is Cc1cc(C)n(-c2ccccc2F)c(=O)c1N. The maximum absolute atomic E-state index is 13.7. The van der Waals surface area contributed by atoms with Crippen molar-refractivity contribution in [1.82, 2.24) is 4.57 Å². The molecule has 17 heavy (non-hydrogen) atoms. The van der Waals surface area contributed by atoms with E-state index in [0.717, 1.165) is 0 Å². The molecule has 88 valence electrons. The number of aromatic nitrogens is 1. The summed E-state index contributed by atoms with van der Waals surface area (Å²) in [6.07, 6.45) is 0. The number of hydrogen-bond acceptors (Lipinski definition) is 2. The Labute approximate surface area is 98.3 Å². The molecule has 2 N–H and O–H groups in total. The minimum Gasteiger partial charge on any atom is -0.394 e. The van der Waals surface area contributed by atoms with Gasteiger partial charge in [0.25, 0.3) is 5.56 Å². The van der Waals surface area contributed by atoms with E-state index in [1.165, 1.54) is 10.6 Å². The number of hydrogen-bond donors (Lipinski definition) is 1. The first-order valence-corrected chi connectivity index (χ1v) is 5.26. The molecule has 0 unspecified atom stereocenters. The smallest absolute Gasteiger partial charge is 0.278 e. The standard InChI is InChI=1S/C13H13FN2O/c1-8-7-9(2)16(13(17)12(8)15)11-6-4-3-5-10(11)14/h3-7H,15H2,1-2H3. The molecule has 1 heterocycles. The van der Waals surface area contributed by atoms with E-state index in [1.54, 1.807) is 38.1 Å². The fraction of sp³-hybridized carbons (Fsp3) is 0.154. The summed E-state index contributed by atoms with van der Waals surface area (Å²) < 4.78 is 15.0. The van der Waals surface area contributed by atoms with Crippen LogP contribution in [0.3, 0.4) is 0 Å². The van der Waals surface area contributed by atoms with Crippen LogP contribution in [0.4, 0.5) is 10.1 Å². The van der Waals surface area contributed by atoms with E-state index in [4.69, 9.17) is 5.73 Å². The zero-order chi connectivity index (χ0) is 12.6. The molecule has 0 fully saturated rings. The van der Waals surface area contributed by atoms with Gasteiger partial charge < -0.3 is 5.73 Å². The molecular weight excluding hydrogens is 219 g/mol. The molecule has 0 aliphatic carbocycles. The molecule has 0 spiro atoms. The van der Waals surface area contributed by atoms with Gasteiger partial charge in [0.2, 0.25) is 0 Å². The molecule has 0 saturated carbocycles. The number of anilines is 1. The Morgan fingerprint density at radius 2 is 1.88 bits per heavy atom. The first-order valence-electron chi connectivity index (χ1n) is 5.26. The van der Waals surface area contributed by atoms with Crippen LogP contribution in [0.25, 0.3) is 5.69 Å². The number of nitrogens with zero attached hydrogens (tertiary/aromatic N) is 1. The molecule has 3 nitrogen and oxygen atoms in total. The summed E-state index contributed by atoms with van der Waals surface area (Å²) in [6, 6.07) is 7.90. The second kappa shape index (κ2) is 4.05. The highest BCUT2D eigenvalue weighted by Crippen LogP contribution is 2.15. The van der Waals surface area contributed by atoms with Crippen molar-refractivity contribution < 1.29 is 4.39 Å². The van der Waals surface area contributed by atoms with Gasteiger partial charge in [-0.25, -0.2) is 4.39 Å². The third-order valence-electron chi connectivity index (χ3n) is 2.73. The molecule has 0 amide bonds. The van der Waals surface area contributed by atoms with Gasteiger partial charge in [-0.3, -0.25) is 9.36 Å². The van der Waals surface area contributed by atoms with Crippen molar-refractivity contribution in [2.75, 3.05) is 5.73 Å². The number of nitrogens with two attached hydrogens (primary N) is 1. The molecular formula is C13H13FN2O. The Kier molecular flexibility index (Phi) is 2.71. The van der Waals surface area contributed by atoms with Crippen LogP contribution < -0.4 is 11.3 Å². The van der Waals surface area contributed by atoms with E-state index < -0.39 is 5.82 Å². The third-order valence-corrected chi connectivity index (χ3v) is 2.73. The van der Waals surface area contributed by atoms with E-state index in [2.05, 4.69) is 0 Å². The number of nitrogen functional groups attached to an aromatic ring is 1. The van der Waals surface area contributed by atoms with Gasteiger partial charge in [-0.1, -0.05) is 12.1 Å². The molecule has 2 rings (SSSR count). The second-order valence-electron chi connectivity index (χ2n) is 3.97. The van der Waals surface area contributed by atoms with Crippen LogP contribution in [0, 0.1) is 19.7 Å². The van der Waals surface area contributed by atoms with Crippen molar-refractivity contribution in [3.63, 3.8) is 0 Å². The van der Waals surface area contributed by atoms with E-state index in [1.807, 2.05) is 0 Å². The van der Waals surface area contributed by atoms with Crippen molar-refractivity contribution >= 4 is 5.69 Å². The van der Waals surface area contributed by atoms with Gasteiger partial charge >= 0.3 is 0 Å². The van der Waals surface area contributed by atoms with Gasteiger partial charge in [-0.15, -0.1) is 0 Å². The minimum absolute atomic E-state index is 0.152. The lowest BCUT2D eigenvalue weighted by Crippen LogP contribution is -2.25. The monoisotopic (exact) mass is 232 g/mol. The number of para-hydroxylation sites is 1. The normalized spacial score (nSPS) is 10.5. The lowest BCUT2D eigenvalue weighted by atomic mass is 10.2. The quantitative estimate of drug-likeness (QED) is 0.819. The van der Waals surface area contributed by atoms with Crippen molar-refractivity contribution in [3.05, 3.63) is 57.8 Å². The summed E-state index contributed by atoms with van der Waals surface area (Å²) in [6.45, 7) is 3.51. The van der Waals surface area contributed by atoms with Crippen LogP contribution in [0.1, 0.15) is 11.3 Å². The van der Waals surface area contributed by atoms with Crippen molar-refractivity contribution in [1.29, 1.82) is 0 Å². The fourth-order valence-electron chi connectivity index (χ4n) is 1.84. The fourth-order valence-corrected chi connectivity index (χ4v) is 1.84. The van der Waals surface area contributed by atoms with E-state index >= 15 is 0 Å².